The Morgan fingerprint density at radius 1 is 0.923 bits per heavy atom. The zero-order valence-corrected chi connectivity index (χ0v) is 23.8. The van der Waals surface area contributed by atoms with E-state index < -0.39 is 10.0 Å². The third kappa shape index (κ3) is 6.23. The smallest absolute Gasteiger partial charge is 0.264 e. The van der Waals surface area contributed by atoms with Crippen molar-refractivity contribution in [1.82, 2.24) is 9.97 Å². The number of hydrogen-bond acceptors (Lipinski definition) is 6. The largest absolute Gasteiger partial charge is 0.467 e. The second-order valence-electron chi connectivity index (χ2n) is 11.3. The average Bonchev–Trinajstić information content (AvgIpc) is 2.85. The van der Waals surface area contributed by atoms with Gasteiger partial charge in [0, 0.05) is 17.3 Å². The molecule has 7 nitrogen and oxygen atoms in total. The Labute approximate surface area is 230 Å². The first-order chi connectivity index (χ1) is 18.5. The van der Waals surface area contributed by atoms with Crippen LogP contribution in [0.4, 0.5) is 11.6 Å². The van der Waals surface area contributed by atoms with Crippen LogP contribution < -0.4 is 14.8 Å². The van der Waals surface area contributed by atoms with Crippen molar-refractivity contribution in [2.45, 2.75) is 52.0 Å². The van der Waals surface area contributed by atoms with Crippen LogP contribution in [0.25, 0.3) is 11.3 Å². The van der Waals surface area contributed by atoms with Crippen LogP contribution in [0.3, 0.4) is 0 Å². The predicted molar refractivity (Wildman–Crippen MR) is 156 cm³/mol. The quantitative estimate of drug-likeness (QED) is 0.299. The van der Waals surface area contributed by atoms with Gasteiger partial charge in [-0.3, -0.25) is 0 Å². The maximum absolute atomic E-state index is 13.2. The summed E-state index contributed by atoms with van der Waals surface area (Å²) in [6.07, 6.45) is 0.584. The number of nitrogens with zero attached hydrogens (tertiary/aromatic N) is 2. The van der Waals surface area contributed by atoms with E-state index in [0.717, 1.165) is 28.7 Å². The number of aromatic nitrogens is 2. The summed E-state index contributed by atoms with van der Waals surface area (Å²) >= 11 is 0. The Bertz CT molecular complexity index is 1590. The van der Waals surface area contributed by atoms with E-state index >= 15 is 0 Å². The summed E-state index contributed by atoms with van der Waals surface area (Å²) in [4.78, 5) is 9.21. The Morgan fingerprint density at radius 3 is 2.31 bits per heavy atom. The van der Waals surface area contributed by atoms with Gasteiger partial charge in [-0.15, -0.1) is 0 Å². The van der Waals surface area contributed by atoms with Crippen LogP contribution in [0.2, 0.25) is 0 Å². The number of rotatable bonds is 3. The summed E-state index contributed by atoms with van der Waals surface area (Å²) in [5.41, 5.74) is 6.67. The summed E-state index contributed by atoms with van der Waals surface area (Å²) in [5, 5.41) is 3.35. The first-order valence-corrected chi connectivity index (χ1v) is 14.5. The van der Waals surface area contributed by atoms with Crippen LogP contribution in [-0.4, -0.2) is 24.9 Å². The molecule has 0 radical (unpaired) electrons. The van der Waals surface area contributed by atoms with Gasteiger partial charge in [0.15, 0.2) is 0 Å². The second kappa shape index (κ2) is 10.3. The van der Waals surface area contributed by atoms with Gasteiger partial charge in [0.2, 0.25) is 11.8 Å². The predicted octanol–water partition coefficient (Wildman–Crippen LogP) is 6.70. The van der Waals surface area contributed by atoms with E-state index in [1.54, 1.807) is 24.3 Å². The van der Waals surface area contributed by atoms with E-state index in [4.69, 9.17) is 4.74 Å². The molecule has 0 fully saturated rings. The molecule has 0 unspecified atom stereocenters. The highest BCUT2D eigenvalue weighted by molar-refractivity contribution is 7.92. The average molecular weight is 543 g/mol. The van der Waals surface area contributed by atoms with Gasteiger partial charge in [0.1, 0.15) is 6.10 Å². The Morgan fingerprint density at radius 2 is 1.62 bits per heavy atom. The standard InChI is InChI=1S/C31H34N4O3S/c1-20-8-6-9-21(2)29(20)26-17-28-34-30(33-26)35-39(36,37)25-11-7-10-24(16-25)32-19-27(38-28)23-14-12-22(13-15-23)18-31(3,4)5/h6-17,27,32H,18-19H2,1-5H3,(H,33,34,35)/t27-/m0/s1. The molecule has 202 valence electrons. The normalized spacial score (nSPS) is 16.6. The van der Waals surface area contributed by atoms with Gasteiger partial charge in [-0.1, -0.05) is 69.3 Å². The maximum atomic E-state index is 13.2. The van der Waals surface area contributed by atoms with E-state index in [0.29, 0.717) is 17.9 Å². The summed E-state index contributed by atoms with van der Waals surface area (Å²) in [6, 6.07) is 22.9. The Hall–Kier alpha value is -3.91. The van der Waals surface area contributed by atoms with E-state index in [9.17, 15) is 8.42 Å². The number of nitrogens with one attached hydrogen (secondary N) is 2. The number of hydrogen-bond donors (Lipinski definition) is 2. The molecule has 0 aliphatic carbocycles. The molecule has 8 heteroatoms. The van der Waals surface area contributed by atoms with Gasteiger partial charge in [-0.2, -0.15) is 4.98 Å². The second-order valence-corrected chi connectivity index (χ2v) is 13.0. The van der Waals surface area contributed by atoms with E-state index in [2.05, 4.69) is 65.0 Å². The minimum atomic E-state index is -3.92. The van der Waals surface area contributed by atoms with Crippen molar-refractivity contribution in [3.05, 3.63) is 95.1 Å². The lowest BCUT2D eigenvalue weighted by Crippen LogP contribution is -2.21. The SMILES string of the molecule is Cc1cccc(C)c1-c1cc2nc(n1)NS(=O)(=O)c1cccc(c1)NC[C@@H](c1ccc(CC(C)(C)C)cc1)O2. The van der Waals surface area contributed by atoms with Gasteiger partial charge in [-0.05, 0) is 66.1 Å². The van der Waals surface area contributed by atoms with E-state index in [1.807, 2.05) is 38.1 Å². The number of ether oxygens (including phenoxy) is 1. The Kier molecular flexibility index (Phi) is 7.07. The van der Waals surface area contributed by atoms with Crippen LogP contribution in [-0.2, 0) is 16.4 Å². The van der Waals surface area contributed by atoms with Crippen molar-refractivity contribution in [2.24, 2.45) is 5.41 Å². The van der Waals surface area contributed by atoms with Gasteiger partial charge in [0.05, 0.1) is 17.1 Å². The number of anilines is 2. The molecule has 2 heterocycles. The van der Waals surface area contributed by atoms with Crippen molar-refractivity contribution in [2.75, 3.05) is 16.6 Å². The molecule has 2 N–H and O–H groups in total. The first kappa shape index (κ1) is 26.7. The lowest BCUT2D eigenvalue weighted by Gasteiger charge is -2.23. The van der Waals surface area contributed by atoms with Gasteiger partial charge >= 0.3 is 0 Å². The monoisotopic (exact) mass is 542 g/mol. The summed E-state index contributed by atoms with van der Waals surface area (Å²) in [7, 11) is -3.92. The third-order valence-electron chi connectivity index (χ3n) is 6.65. The molecule has 5 rings (SSSR count). The van der Waals surface area contributed by atoms with Gasteiger partial charge < -0.3 is 10.1 Å². The van der Waals surface area contributed by atoms with Crippen molar-refractivity contribution in [3.8, 4) is 17.1 Å². The van der Waals surface area contributed by atoms with E-state index in [-0.39, 0.29) is 28.2 Å². The van der Waals surface area contributed by atoms with Crippen molar-refractivity contribution >= 4 is 21.7 Å². The fraction of sp³-hybridized carbons (Fsp3) is 0.290. The number of sulfonamides is 1. The lowest BCUT2D eigenvalue weighted by atomic mass is 9.88. The van der Waals surface area contributed by atoms with Crippen molar-refractivity contribution in [3.63, 3.8) is 0 Å². The molecule has 39 heavy (non-hydrogen) atoms. The highest BCUT2D eigenvalue weighted by Gasteiger charge is 2.23. The fourth-order valence-electron chi connectivity index (χ4n) is 4.88. The summed E-state index contributed by atoms with van der Waals surface area (Å²) in [6.45, 7) is 11.1. The van der Waals surface area contributed by atoms with Crippen molar-refractivity contribution in [1.29, 1.82) is 0 Å². The molecule has 0 amide bonds. The first-order valence-electron chi connectivity index (χ1n) is 13.0. The molecule has 1 aliphatic heterocycles. The minimum Gasteiger partial charge on any atom is -0.467 e. The molecule has 4 aromatic rings. The molecule has 0 saturated carbocycles. The van der Waals surface area contributed by atoms with Crippen LogP contribution in [0.15, 0.2) is 77.7 Å². The van der Waals surface area contributed by atoms with Crippen LogP contribution in [0, 0.1) is 19.3 Å². The summed E-state index contributed by atoms with van der Waals surface area (Å²) < 4.78 is 35.5. The minimum absolute atomic E-state index is 0.0386. The fourth-order valence-corrected chi connectivity index (χ4v) is 5.87. The molecule has 3 aromatic carbocycles. The third-order valence-corrected chi connectivity index (χ3v) is 7.98. The molecule has 1 aliphatic rings. The number of fused-ring (bicyclic) bond motifs is 4. The molecular weight excluding hydrogens is 508 g/mol. The van der Waals surface area contributed by atoms with Gasteiger partial charge in [0.25, 0.3) is 10.0 Å². The van der Waals surface area contributed by atoms with Crippen molar-refractivity contribution < 1.29 is 13.2 Å². The molecular formula is C31H34N4O3S. The molecule has 4 bridgehead atoms. The highest BCUT2D eigenvalue weighted by atomic mass is 32.2. The molecule has 0 spiro atoms. The number of aryl methyl sites for hydroxylation is 2. The zero-order valence-electron chi connectivity index (χ0n) is 22.9. The van der Waals surface area contributed by atoms with Gasteiger partial charge in [-0.25, -0.2) is 18.1 Å². The summed E-state index contributed by atoms with van der Waals surface area (Å²) in [5.74, 6) is 0.249. The topological polar surface area (TPSA) is 93.2 Å². The molecule has 1 aromatic heterocycles. The zero-order chi connectivity index (χ0) is 27.8. The van der Waals surface area contributed by atoms with Crippen LogP contribution in [0.5, 0.6) is 5.88 Å². The van der Waals surface area contributed by atoms with Crippen LogP contribution in [0.1, 0.15) is 49.1 Å². The molecule has 0 saturated heterocycles. The molecule has 1 atom stereocenters. The van der Waals surface area contributed by atoms with Crippen LogP contribution >= 0.6 is 0 Å². The highest BCUT2D eigenvalue weighted by Crippen LogP contribution is 2.32. The Balaban J connectivity index is 1.61. The number of benzene rings is 3. The maximum Gasteiger partial charge on any atom is 0.264 e. The lowest BCUT2D eigenvalue weighted by molar-refractivity contribution is 0.210. The van der Waals surface area contributed by atoms with E-state index in [1.165, 1.54) is 5.56 Å².